The number of hydrogen-bond acceptors (Lipinski definition) is 3. The molecule has 0 saturated heterocycles. The van der Waals surface area contributed by atoms with Gasteiger partial charge in [0.1, 0.15) is 0 Å². The third kappa shape index (κ3) is 8.61. The number of hydrogen-bond donors (Lipinski definition) is 1. The molecule has 0 amide bonds. The van der Waals surface area contributed by atoms with Gasteiger partial charge in [-0.3, -0.25) is 0 Å². The van der Waals surface area contributed by atoms with E-state index in [0.29, 0.717) is 26.4 Å². The molecule has 10 heavy (non-hydrogen) atoms. The first-order valence-electron chi connectivity index (χ1n) is 3.33. The van der Waals surface area contributed by atoms with Crippen LogP contribution < -0.4 is 5.73 Å². The third-order valence-electron chi connectivity index (χ3n) is 0.856. The van der Waals surface area contributed by atoms with Gasteiger partial charge in [0, 0.05) is 11.0 Å². The van der Waals surface area contributed by atoms with Crippen molar-refractivity contribution in [1.82, 2.24) is 0 Å². The molecule has 2 N–H and O–H groups in total. The molecule has 0 spiro atoms. The summed E-state index contributed by atoms with van der Waals surface area (Å²) >= 11 is 2.27. The number of halogens is 1. The summed E-state index contributed by atoms with van der Waals surface area (Å²) < 4.78 is 11.3. The van der Waals surface area contributed by atoms with Crippen LogP contribution in [0.15, 0.2) is 0 Å². The molecule has 0 rings (SSSR count). The van der Waals surface area contributed by atoms with Crippen LogP contribution in [0, 0.1) is 0 Å². The van der Waals surface area contributed by atoms with Crippen molar-refractivity contribution in [2.75, 3.05) is 37.4 Å². The summed E-state index contributed by atoms with van der Waals surface area (Å²) in [6, 6.07) is 0. The summed E-state index contributed by atoms with van der Waals surface area (Å²) in [5.74, 6) is 0. The lowest BCUT2D eigenvalue weighted by molar-refractivity contribution is 0.0577. The van der Waals surface area contributed by atoms with Crippen LogP contribution in [-0.4, -0.2) is 37.4 Å². The Morgan fingerprint density at radius 3 is 2.10 bits per heavy atom. The molecule has 0 heterocycles. The van der Waals surface area contributed by atoms with Crippen LogP contribution >= 0.6 is 22.6 Å². The molecule has 0 atom stereocenters. The molecule has 0 aliphatic carbocycles. The van der Waals surface area contributed by atoms with Gasteiger partial charge in [-0.25, -0.2) is 0 Å². The molecule has 0 aliphatic heterocycles. The highest BCUT2D eigenvalue weighted by Crippen LogP contribution is 1.82. The number of nitrogens with two attached hydrogens (primary N) is 1. The maximum Gasteiger partial charge on any atom is 0.0701 e. The molecule has 0 aromatic heterocycles. The summed E-state index contributed by atoms with van der Waals surface area (Å²) in [7, 11) is 0. The van der Waals surface area contributed by atoms with E-state index in [0.717, 1.165) is 11.0 Å². The highest BCUT2D eigenvalue weighted by Gasteiger charge is 1.86. The van der Waals surface area contributed by atoms with Crippen LogP contribution in [0.4, 0.5) is 0 Å². The van der Waals surface area contributed by atoms with Crippen molar-refractivity contribution in [3.63, 3.8) is 0 Å². The molecular weight excluding hydrogens is 245 g/mol. The predicted molar refractivity (Wildman–Crippen MR) is 49.6 cm³/mol. The van der Waals surface area contributed by atoms with Crippen molar-refractivity contribution in [2.45, 2.75) is 0 Å². The first-order valence-corrected chi connectivity index (χ1v) is 4.86. The molecule has 3 nitrogen and oxygen atoms in total. The molecule has 0 radical (unpaired) electrons. The average Bonchev–Trinajstić information content (AvgIpc) is 1.97. The zero-order valence-electron chi connectivity index (χ0n) is 6.01. The predicted octanol–water partition coefficient (Wildman–Crippen LogP) is 0.413. The molecule has 0 aliphatic rings. The Hall–Kier alpha value is 0.610. The van der Waals surface area contributed by atoms with E-state index in [2.05, 4.69) is 22.6 Å². The Bertz CT molecular complexity index is 55.7. The Morgan fingerprint density at radius 1 is 1.00 bits per heavy atom. The van der Waals surface area contributed by atoms with Gasteiger partial charge in [-0.1, -0.05) is 22.6 Å². The smallest absolute Gasteiger partial charge is 0.0701 e. The standard InChI is InChI=1S/C6H14INO2/c7-1-3-9-5-6-10-4-2-8/h1-6,8H2. The molecule has 62 valence electrons. The first-order chi connectivity index (χ1) is 4.91. The van der Waals surface area contributed by atoms with Crippen LogP contribution in [-0.2, 0) is 9.47 Å². The second-order valence-electron chi connectivity index (χ2n) is 1.70. The quantitative estimate of drug-likeness (QED) is 0.409. The normalized spacial score (nSPS) is 10.2. The fraction of sp³-hybridized carbons (Fsp3) is 1.00. The van der Waals surface area contributed by atoms with Crippen LogP contribution in [0.5, 0.6) is 0 Å². The van der Waals surface area contributed by atoms with E-state index in [1.165, 1.54) is 0 Å². The minimum absolute atomic E-state index is 0.590. The average molecular weight is 259 g/mol. The zero-order chi connectivity index (χ0) is 7.66. The summed E-state index contributed by atoms with van der Waals surface area (Å²) in [4.78, 5) is 0. The van der Waals surface area contributed by atoms with Crippen molar-refractivity contribution in [3.05, 3.63) is 0 Å². The van der Waals surface area contributed by atoms with Gasteiger partial charge in [0.15, 0.2) is 0 Å². The summed E-state index contributed by atoms with van der Waals surface area (Å²) in [6.07, 6.45) is 0. The minimum atomic E-state index is 0.590. The molecule has 0 aromatic carbocycles. The van der Waals surface area contributed by atoms with E-state index >= 15 is 0 Å². The first kappa shape index (κ1) is 10.6. The molecule has 0 fully saturated rings. The van der Waals surface area contributed by atoms with Crippen molar-refractivity contribution < 1.29 is 9.47 Å². The second kappa shape index (κ2) is 9.61. The van der Waals surface area contributed by atoms with Gasteiger partial charge >= 0.3 is 0 Å². The van der Waals surface area contributed by atoms with Gasteiger partial charge in [0.2, 0.25) is 0 Å². The van der Waals surface area contributed by atoms with Gasteiger partial charge in [0.05, 0.1) is 26.4 Å². The van der Waals surface area contributed by atoms with Crippen LogP contribution in [0.1, 0.15) is 0 Å². The fourth-order valence-electron chi connectivity index (χ4n) is 0.460. The molecule has 0 aromatic rings. The number of ether oxygens (including phenoxy) is 2. The number of rotatable bonds is 7. The Morgan fingerprint density at radius 2 is 1.60 bits per heavy atom. The summed E-state index contributed by atoms with van der Waals surface area (Å²) in [6.45, 7) is 3.38. The van der Waals surface area contributed by atoms with E-state index in [1.807, 2.05) is 0 Å². The maximum atomic E-state index is 5.20. The lowest BCUT2D eigenvalue weighted by Gasteiger charge is -2.01. The Labute approximate surface area is 75.4 Å². The van der Waals surface area contributed by atoms with E-state index in [-0.39, 0.29) is 0 Å². The topological polar surface area (TPSA) is 44.5 Å². The fourth-order valence-corrected chi connectivity index (χ4v) is 0.771. The van der Waals surface area contributed by atoms with Crippen LogP contribution in [0.2, 0.25) is 0 Å². The van der Waals surface area contributed by atoms with Crippen molar-refractivity contribution in [3.8, 4) is 0 Å². The van der Waals surface area contributed by atoms with Crippen molar-refractivity contribution >= 4 is 22.6 Å². The van der Waals surface area contributed by atoms with Crippen LogP contribution in [0.25, 0.3) is 0 Å². The zero-order valence-corrected chi connectivity index (χ0v) is 8.17. The van der Waals surface area contributed by atoms with Crippen molar-refractivity contribution in [2.24, 2.45) is 5.73 Å². The molecule has 0 saturated carbocycles. The summed E-state index contributed by atoms with van der Waals surface area (Å²) in [5, 5.41) is 0. The van der Waals surface area contributed by atoms with Crippen LogP contribution in [0.3, 0.4) is 0 Å². The lowest BCUT2D eigenvalue weighted by atomic mass is 10.7. The maximum absolute atomic E-state index is 5.20. The highest BCUT2D eigenvalue weighted by atomic mass is 127. The third-order valence-corrected chi connectivity index (χ3v) is 1.30. The van der Waals surface area contributed by atoms with E-state index in [4.69, 9.17) is 15.2 Å². The monoisotopic (exact) mass is 259 g/mol. The summed E-state index contributed by atoms with van der Waals surface area (Å²) in [5.41, 5.74) is 5.20. The molecular formula is C6H14INO2. The minimum Gasteiger partial charge on any atom is -0.378 e. The largest absolute Gasteiger partial charge is 0.378 e. The molecule has 4 heteroatoms. The van der Waals surface area contributed by atoms with E-state index in [9.17, 15) is 0 Å². The Balaban J connectivity index is 2.65. The van der Waals surface area contributed by atoms with Gasteiger partial charge in [0.25, 0.3) is 0 Å². The van der Waals surface area contributed by atoms with E-state index in [1.54, 1.807) is 0 Å². The Kier molecular flexibility index (Phi) is 10.2. The van der Waals surface area contributed by atoms with Gasteiger partial charge in [-0.2, -0.15) is 0 Å². The molecule has 0 unspecified atom stereocenters. The SMILES string of the molecule is NCCOCCOCCI. The van der Waals surface area contributed by atoms with Gasteiger partial charge in [-0.15, -0.1) is 0 Å². The highest BCUT2D eigenvalue weighted by molar-refractivity contribution is 14.1. The van der Waals surface area contributed by atoms with E-state index < -0.39 is 0 Å². The van der Waals surface area contributed by atoms with Crippen molar-refractivity contribution in [1.29, 1.82) is 0 Å². The van der Waals surface area contributed by atoms with Gasteiger partial charge < -0.3 is 15.2 Å². The molecule has 0 bridgehead atoms. The second-order valence-corrected chi connectivity index (χ2v) is 2.78. The number of alkyl halides is 1. The van der Waals surface area contributed by atoms with Gasteiger partial charge in [-0.05, 0) is 0 Å². The lowest BCUT2D eigenvalue weighted by Crippen LogP contribution is -2.12.